The van der Waals surface area contributed by atoms with Crippen molar-refractivity contribution in [1.29, 1.82) is 0 Å². The lowest BCUT2D eigenvalue weighted by atomic mass is 10.1. The molecule has 0 N–H and O–H groups in total. The standard InChI is InChI=1S/C40H58F4N4O10SSi/c1-13-60(14-2,15-3)58-32(26-16-19-29(41)31(22-26)47(59(52)53)25-33(49)55-37(4,5)6)24-46(35(50)56-38(7,8)9)20-21-54-27-17-18-28-30(23-27)48(36(51)57-39(10,11)12)45-34(28)40(42,43)44/h16-19,22-23,32H,13-15,20-21,24-25H2,1-12H3,(H,52,53)/p-1. The quantitative estimate of drug-likeness (QED) is 0.0443. The summed E-state index contributed by atoms with van der Waals surface area (Å²) in [5.41, 5.74) is -4.59. The Kier molecular flexibility index (Phi) is 16.4. The molecule has 0 bridgehead atoms. The van der Waals surface area contributed by atoms with Crippen molar-refractivity contribution in [2.24, 2.45) is 0 Å². The first-order chi connectivity index (χ1) is 27.5. The second-order valence-corrected chi connectivity index (χ2v) is 22.7. The van der Waals surface area contributed by atoms with Gasteiger partial charge in [-0.2, -0.15) is 23.0 Å². The molecule has 336 valence electrons. The highest BCUT2D eigenvalue weighted by molar-refractivity contribution is 7.80. The van der Waals surface area contributed by atoms with Gasteiger partial charge < -0.3 is 32.8 Å². The molecule has 0 aliphatic heterocycles. The van der Waals surface area contributed by atoms with Gasteiger partial charge in [-0.25, -0.2) is 14.0 Å². The zero-order valence-corrected chi connectivity index (χ0v) is 38.1. The first-order valence-electron chi connectivity index (χ1n) is 19.5. The van der Waals surface area contributed by atoms with Crippen molar-refractivity contribution in [3.63, 3.8) is 0 Å². The second kappa shape index (κ2) is 19.6. The maximum atomic E-state index is 15.5. The van der Waals surface area contributed by atoms with E-state index in [4.69, 9.17) is 23.4 Å². The van der Waals surface area contributed by atoms with E-state index in [1.165, 1.54) is 29.2 Å². The van der Waals surface area contributed by atoms with Crippen LogP contribution in [0.25, 0.3) is 10.9 Å². The van der Waals surface area contributed by atoms with Crippen LogP contribution in [-0.2, 0) is 40.9 Å². The lowest BCUT2D eigenvalue weighted by Gasteiger charge is -2.37. The number of amides is 1. The number of anilines is 1. The van der Waals surface area contributed by atoms with E-state index in [0.29, 0.717) is 32.7 Å². The first kappa shape index (κ1) is 50.1. The molecule has 0 spiro atoms. The average molecular weight is 890 g/mol. The molecule has 0 fully saturated rings. The third-order valence-corrected chi connectivity index (χ3v) is 14.3. The van der Waals surface area contributed by atoms with Crippen LogP contribution in [0.3, 0.4) is 0 Å². The molecule has 14 nitrogen and oxygen atoms in total. The van der Waals surface area contributed by atoms with Crippen molar-refractivity contribution < 1.29 is 64.1 Å². The molecule has 2 atom stereocenters. The predicted octanol–water partition coefficient (Wildman–Crippen LogP) is 9.30. The summed E-state index contributed by atoms with van der Waals surface area (Å²) in [5, 5.41) is 3.16. The van der Waals surface area contributed by atoms with Gasteiger partial charge in [0, 0.05) is 22.7 Å². The van der Waals surface area contributed by atoms with Crippen molar-refractivity contribution in [3.05, 3.63) is 53.5 Å². The number of fused-ring (bicyclic) bond motifs is 1. The zero-order chi connectivity index (χ0) is 45.6. The Morgan fingerprint density at radius 2 is 1.45 bits per heavy atom. The van der Waals surface area contributed by atoms with Crippen LogP contribution in [0.2, 0.25) is 18.1 Å². The molecule has 2 aromatic carbocycles. The van der Waals surface area contributed by atoms with Gasteiger partial charge >= 0.3 is 24.3 Å². The Morgan fingerprint density at radius 1 is 0.867 bits per heavy atom. The van der Waals surface area contributed by atoms with Crippen LogP contribution >= 0.6 is 0 Å². The molecule has 3 aromatic rings. The highest BCUT2D eigenvalue weighted by Gasteiger charge is 2.39. The Balaban J connectivity index is 2.07. The number of nitrogens with zero attached hydrogens (tertiary/aromatic N) is 4. The largest absolute Gasteiger partial charge is 0.755 e. The normalized spacial score (nSPS) is 13.8. The fourth-order valence-electron chi connectivity index (χ4n) is 6.04. The molecule has 0 saturated carbocycles. The number of carbonyl (C=O) groups is 3. The van der Waals surface area contributed by atoms with Crippen molar-refractivity contribution >= 4 is 54.3 Å². The van der Waals surface area contributed by atoms with Gasteiger partial charge in [-0.15, -0.1) is 0 Å². The smallest absolute Gasteiger partial charge is 0.435 e. The average Bonchev–Trinajstić information content (AvgIpc) is 3.50. The molecule has 3 rings (SSSR count). The summed E-state index contributed by atoms with van der Waals surface area (Å²) in [6.45, 7) is 19.1. The molecule has 0 aliphatic carbocycles. The van der Waals surface area contributed by atoms with Crippen LogP contribution in [0, 0.1) is 5.82 Å². The second-order valence-electron chi connectivity index (χ2n) is 17.1. The Bertz CT molecular complexity index is 2000. The molecule has 0 aliphatic rings. The highest BCUT2D eigenvalue weighted by atomic mass is 32.2. The van der Waals surface area contributed by atoms with E-state index in [0.717, 1.165) is 12.1 Å². The number of halogens is 4. The van der Waals surface area contributed by atoms with E-state index in [1.807, 2.05) is 20.8 Å². The zero-order valence-electron chi connectivity index (χ0n) is 36.3. The topological polar surface area (TPSA) is 162 Å². The van der Waals surface area contributed by atoms with Gasteiger partial charge in [-0.3, -0.25) is 13.3 Å². The van der Waals surface area contributed by atoms with Crippen LogP contribution in [0.4, 0.5) is 32.8 Å². The predicted molar refractivity (Wildman–Crippen MR) is 219 cm³/mol. The highest BCUT2D eigenvalue weighted by Crippen LogP contribution is 2.37. The number of hydrogen-bond acceptors (Lipinski definition) is 11. The summed E-state index contributed by atoms with van der Waals surface area (Å²) in [6, 6.07) is 9.33. The molecule has 0 radical (unpaired) electrons. The monoisotopic (exact) mass is 889 g/mol. The van der Waals surface area contributed by atoms with Gasteiger partial charge in [-0.05, 0) is 110 Å². The number of hydrogen-bond donors (Lipinski definition) is 0. The summed E-state index contributed by atoms with van der Waals surface area (Å²) >= 11 is -3.11. The van der Waals surface area contributed by atoms with Gasteiger partial charge in [-0.1, -0.05) is 26.8 Å². The van der Waals surface area contributed by atoms with Gasteiger partial charge in [0.05, 0.1) is 30.4 Å². The Labute approximate surface area is 352 Å². The summed E-state index contributed by atoms with van der Waals surface area (Å²) in [5.74, 6) is -1.81. The molecule has 1 amide bonds. The van der Waals surface area contributed by atoms with E-state index < -0.39 is 90.6 Å². The number of esters is 1. The number of ether oxygens (including phenoxy) is 4. The van der Waals surface area contributed by atoms with Gasteiger partial charge in [0.15, 0.2) is 14.0 Å². The van der Waals surface area contributed by atoms with Crippen molar-refractivity contribution in [1.82, 2.24) is 14.7 Å². The number of alkyl halides is 3. The molecule has 0 saturated heterocycles. The van der Waals surface area contributed by atoms with Crippen molar-refractivity contribution in [2.75, 3.05) is 30.5 Å². The molecular formula is C40H57F4N4O10SSi-. The summed E-state index contributed by atoms with van der Waals surface area (Å²) in [7, 11) is -2.54. The van der Waals surface area contributed by atoms with E-state index in [2.05, 4.69) is 5.10 Å². The molecule has 20 heteroatoms. The minimum Gasteiger partial charge on any atom is -0.755 e. The SMILES string of the molecule is CC[Si](CC)(CC)OC(CN(CCOc1ccc2c(C(F)(F)F)nn(C(=O)OC(C)(C)C)c2c1)C(=O)OC(C)(C)C)c1ccc(F)c(N(CC(=O)OC(C)(C)C)S(=O)[O-])c1. The summed E-state index contributed by atoms with van der Waals surface area (Å²) in [6.07, 6.45) is -7.76. The number of carbonyl (C=O) groups excluding carboxylic acids is 3. The van der Waals surface area contributed by atoms with E-state index in [9.17, 15) is 36.3 Å². The Hall–Kier alpha value is -4.27. The minimum absolute atomic E-state index is 0.0473. The fourth-order valence-corrected chi connectivity index (χ4v) is 9.36. The molecule has 1 aromatic heterocycles. The minimum atomic E-state index is -4.89. The summed E-state index contributed by atoms with van der Waals surface area (Å²) < 4.78 is 112. The fraction of sp³-hybridized carbons (Fsp3) is 0.600. The number of aromatic nitrogens is 2. The molecular weight excluding hydrogens is 833 g/mol. The maximum Gasteiger partial charge on any atom is 0.435 e. The lowest BCUT2D eigenvalue weighted by molar-refractivity contribution is -0.152. The molecule has 60 heavy (non-hydrogen) atoms. The molecule has 1 heterocycles. The van der Waals surface area contributed by atoms with Crippen molar-refractivity contribution in [3.8, 4) is 5.75 Å². The van der Waals surface area contributed by atoms with Gasteiger partial charge in [0.1, 0.15) is 41.5 Å². The third-order valence-electron chi connectivity index (χ3n) is 8.96. The van der Waals surface area contributed by atoms with Crippen LogP contribution in [0.5, 0.6) is 5.75 Å². The lowest BCUT2D eigenvalue weighted by Crippen LogP contribution is -2.45. The Morgan fingerprint density at radius 3 is 1.97 bits per heavy atom. The third kappa shape index (κ3) is 14.2. The molecule has 2 unspecified atom stereocenters. The van der Waals surface area contributed by atoms with Crippen molar-refractivity contribution in [2.45, 2.75) is 130 Å². The van der Waals surface area contributed by atoms with Crippen LogP contribution < -0.4 is 9.04 Å². The first-order valence-corrected chi connectivity index (χ1v) is 23.1. The van der Waals surface area contributed by atoms with E-state index in [-0.39, 0.29) is 36.3 Å². The van der Waals surface area contributed by atoms with Crippen LogP contribution in [0.1, 0.15) is 100 Å². The van der Waals surface area contributed by atoms with Crippen LogP contribution in [-0.4, -0.2) is 93.0 Å². The van der Waals surface area contributed by atoms with E-state index >= 15 is 4.39 Å². The van der Waals surface area contributed by atoms with E-state index in [1.54, 1.807) is 62.3 Å². The number of benzene rings is 2. The van der Waals surface area contributed by atoms with Crippen LogP contribution in [0.15, 0.2) is 36.4 Å². The summed E-state index contributed by atoms with van der Waals surface area (Å²) in [4.78, 5) is 40.8. The number of rotatable bonds is 16. The maximum absolute atomic E-state index is 15.5. The van der Waals surface area contributed by atoms with Gasteiger partial charge in [0.2, 0.25) is 0 Å². The van der Waals surface area contributed by atoms with Gasteiger partial charge in [0.25, 0.3) is 0 Å².